The summed E-state index contributed by atoms with van der Waals surface area (Å²) in [7, 11) is 0. The molecule has 206 valence electrons. The van der Waals surface area contributed by atoms with Crippen LogP contribution < -0.4 is 5.73 Å². The molecule has 8 nitrogen and oxygen atoms in total. The number of alkyl halides is 3. The molecule has 1 atom stereocenters. The van der Waals surface area contributed by atoms with Crippen molar-refractivity contribution < 1.29 is 32.3 Å². The third-order valence-electron chi connectivity index (χ3n) is 6.21. The van der Waals surface area contributed by atoms with E-state index in [2.05, 4.69) is 5.10 Å². The topological polar surface area (TPSA) is 108 Å². The number of nitrogens with two attached hydrogens (primary N) is 1. The van der Waals surface area contributed by atoms with Gasteiger partial charge in [-0.25, -0.2) is 0 Å². The Morgan fingerprint density at radius 3 is 2.36 bits per heavy atom. The van der Waals surface area contributed by atoms with E-state index < -0.39 is 42.1 Å². The van der Waals surface area contributed by atoms with Crippen LogP contribution in [0.25, 0.3) is 22.4 Å². The molecular weight excluding hydrogens is 513 g/mol. The van der Waals surface area contributed by atoms with Gasteiger partial charge in [-0.15, -0.1) is 0 Å². The number of halogens is 3. The minimum absolute atomic E-state index is 0.000793. The maximum absolute atomic E-state index is 13.3. The van der Waals surface area contributed by atoms with Crippen LogP contribution in [-0.2, 0) is 27.4 Å². The molecule has 1 aliphatic rings. The first-order valence-electron chi connectivity index (χ1n) is 12.4. The van der Waals surface area contributed by atoms with E-state index in [-0.39, 0.29) is 19.4 Å². The van der Waals surface area contributed by atoms with Crippen molar-refractivity contribution in [1.82, 2.24) is 14.7 Å². The molecule has 0 fully saturated rings. The number of nitrogens with zero attached hydrogens (tertiary/aromatic N) is 3. The van der Waals surface area contributed by atoms with Gasteiger partial charge in [-0.2, -0.15) is 18.3 Å². The Morgan fingerprint density at radius 1 is 1.05 bits per heavy atom. The van der Waals surface area contributed by atoms with Gasteiger partial charge in [0.15, 0.2) is 0 Å². The molecule has 4 rings (SSSR count). The van der Waals surface area contributed by atoms with Gasteiger partial charge in [0.25, 0.3) is 5.91 Å². The summed E-state index contributed by atoms with van der Waals surface area (Å²) in [5.41, 5.74) is 7.73. The lowest BCUT2D eigenvalue weighted by Gasteiger charge is -2.25. The van der Waals surface area contributed by atoms with E-state index in [1.54, 1.807) is 69.3 Å². The lowest BCUT2D eigenvalue weighted by atomic mass is 9.98. The molecule has 2 heterocycles. The Balaban J connectivity index is 1.63. The molecule has 3 aromatic rings. The fraction of sp³-hybridized carbons (Fsp3) is 0.357. The van der Waals surface area contributed by atoms with Gasteiger partial charge in [0.05, 0.1) is 11.9 Å². The number of esters is 1. The summed E-state index contributed by atoms with van der Waals surface area (Å²) < 4.78 is 46.0. The zero-order valence-electron chi connectivity index (χ0n) is 21.8. The minimum atomic E-state index is -4.47. The van der Waals surface area contributed by atoms with Crippen molar-refractivity contribution in [2.24, 2.45) is 5.73 Å². The normalized spacial score (nSPS) is 14.3. The fourth-order valence-corrected chi connectivity index (χ4v) is 4.65. The number of ether oxygens (including phenoxy) is 1. The standard InChI is InChI=1S/C28H29F3N4O4/c1-27(2,3)39-23(36)12-11-22(25(32)37)34-15-19-13-18(9-10-20(19)26(34)38)21-14-33-35(16-28(29,30)31)24(21)17-7-5-4-6-8-17/h4-10,13-14,22H,11-12,15-16H2,1-3H3,(H2,32,37). The van der Waals surface area contributed by atoms with E-state index >= 15 is 0 Å². The molecule has 2 aromatic carbocycles. The number of fused-ring (bicyclic) bond motifs is 1. The summed E-state index contributed by atoms with van der Waals surface area (Å²) in [5.74, 6) is -1.68. The van der Waals surface area contributed by atoms with Crippen LogP contribution in [0.5, 0.6) is 0 Å². The summed E-state index contributed by atoms with van der Waals surface area (Å²) in [6.07, 6.45) is -3.20. The highest BCUT2D eigenvalue weighted by Crippen LogP contribution is 2.36. The van der Waals surface area contributed by atoms with Crippen molar-refractivity contribution in [2.45, 2.75) is 64.5 Å². The van der Waals surface area contributed by atoms with Crippen molar-refractivity contribution in [3.63, 3.8) is 0 Å². The van der Waals surface area contributed by atoms with Gasteiger partial charge in [0.2, 0.25) is 5.91 Å². The van der Waals surface area contributed by atoms with Gasteiger partial charge in [0.1, 0.15) is 18.2 Å². The highest BCUT2D eigenvalue weighted by Gasteiger charge is 2.36. The number of hydrogen-bond donors (Lipinski definition) is 1. The van der Waals surface area contributed by atoms with Crippen molar-refractivity contribution in [2.75, 3.05) is 0 Å². The first-order valence-corrected chi connectivity index (χ1v) is 12.4. The van der Waals surface area contributed by atoms with Crippen LogP contribution in [0, 0.1) is 0 Å². The largest absolute Gasteiger partial charge is 0.460 e. The zero-order valence-corrected chi connectivity index (χ0v) is 21.8. The number of rotatable bonds is 8. The maximum Gasteiger partial charge on any atom is 0.408 e. The number of primary amides is 1. The van der Waals surface area contributed by atoms with E-state index in [1.807, 2.05) is 0 Å². The van der Waals surface area contributed by atoms with Crippen molar-refractivity contribution >= 4 is 17.8 Å². The average Bonchev–Trinajstić information content (AvgIpc) is 3.38. The molecular formula is C28H29F3N4O4. The summed E-state index contributed by atoms with van der Waals surface area (Å²) in [5, 5.41) is 4.01. The van der Waals surface area contributed by atoms with E-state index in [4.69, 9.17) is 10.5 Å². The fourth-order valence-electron chi connectivity index (χ4n) is 4.65. The highest BCUT2D eigenvalue weighted by atomic mass is 19.4. The number of benzene rings is 2. The number of carbonyl (C=O) groups excluding carboxylic acids is 3. The lowest BCUT2D eigenvalue weighted by molar-refractivity contribution is -0.155. The summed E-state index contributed by atoms with van der Waals surface area (Å²) >= 11 is 0. The molecule has 11 heteroatoms. The van der Waals surface area contributed by atoms with Crippen molar-refractivity contribution in [1.29, 1.82) is 0 Å². The number of amides is 2. The van der Waals surface area contributed by atoms with Gasteiger partial charge in [-0.05, 0) is 50.5 Å². The Kier molecular flexibility index (Phi) is 7.54. The molecule has 0 saturated heterocycles. The monoisotopic (exact) mass is 542 g/mol. The Hall–Kier alpha value is -4.15. The third-order valence-corrected chi connectivity index (χ3v) is 6.21. The second-order valence-electron chi connectivity index (χ2n) is 10.4. The Bertz CT molecular complexity index is 1390. The van der Waals surface area contributed by atoms with Crippen LogP contribution >= 0.6 is 0 Å². The van der Waals surface area contributed by atoms with Gasteiger partial charge < -0.3 is 15.4 Å². The summed E-state index contributed by atoms with van der Waals surface area (Å²) in [6, 6.07) is 12.5. The third kappa shape index (κ3) is 6.47. The van der Waals surface area contributed by atoms with Crippen molar-refractivity contribution in [3.05, 3.63) is 65.9 Å². The van der Waals surface area contributed by atoms with E-state index in [9.17, 15) is 27.6 Å². The molecule has 0 saturated carbocycles. The van der Waals surface area contributed by atoms with Gasteiger partial charge in [-0.1, -0.05) is 36.4 Å². The lowest BCUT2D eigenvalue weighted by Crippen LogP contribution is -2.45. The predicted octanol–water partition coefficient (Wildman–Crippen LogP) is 4.71. The molecule has 0 aliphatic carbocycles. The SMILES string of the molecule is CC(C)(C)OC(=O)CCC(C(N)=O)N1Cc2cc(-c3cnn(CC(F)(F)F)c3-c3ccccc3)ccc2C1=O. The molecule has 1 unspecified atom stereocenters. The van der Waals surface area contributed by atoms with E-state index in [1.165, 1.54) is 11.1 Å². The van der Waals surface area contributed by atoms with E-state index in [0.717, 1.165) is 4.68 Å². The Labute approximate surface area is 223 Å². The molecule has 0 radical (unpaired) electrons. The maximum atomic E-state index is 13.3. The predicted molar refractivity (Wildman–Crippen MR) is 137 cm³/mol. The highest BCUT2D eigenvalue weighted by molar-refractivity contribution is 6.01. The molecule has 39 heavy (non-hydrogen) atoms. The van der Waals surface area contributed by atoms with E-state index in [0.29, 0.717) is 33.5 Å². The molecule has 1 aromatic heterocycles. The van der Waals surface area contributed by atoms with Crippen LogP contribution in [0.15, 0.2) is 54.7 Å². The quantitative estimate of drug-likeness (QED) is 0.415. The average molecular weight is 543 g/mol. The number of aromatic nitrogens is 2. The van der Waals surface area contributed by atoms with Crippen LogP contribution in [0.2, 0.25) is 0 Å². The first-order chi connectivity index (χ1) is 18.2. The second kappa shape index (κ2) is 10.5. The van der Waals surface area contributed by atoms with Gasteiger partial charge in [-0.3, -0.25) is 19.1 Å². The molecule has 2 amide bonds. The first kappa shape index (κ1) is 27.9. The molecule has 2 N–H and O–H groups in total. The molecule has 0 spiro atoms. The van der Waals surface area contributed by atoms with Crippen LogP contribution in [0.1, 0.15) is 49.5 Å². The van der Waals surface area contributed by atoms with Crippen LogP contribution in [0.3, 0.4) is 0 Å². The summed E-state index contributed by atoms with van der Waals surface area (Å²) in [4.78, 5) is 38.9. The Morgan fingerprint density at radius 2 is 1.74 bits per heavy atom. The van der Waals surface area contributed by atoms with Crippen LogP contribution in [0.4, 0.5) is 13.2 Å². The molecule has 1 aliphatic heterocycles. The summed E-state index contributed by atoms with van der Waals surface area (Å²) in [6.45, 7) is 3.98. The minimum Gasteiger partial charge on any atom is -0.460 e. The zero-order chi connectivity index (χ0) is 28.5. The van der Waals surface area contributed by atoms with Gasteiger partial charge >= 0.3 is 12.1 Å². The second-order valence-corrected chi connectivity index (χ2v) is 10.4. The number of hydrogen-bond acceptors (Lipinski definition) is 5. The number of carbonyl (C=O) groups is 3. The van der Waals surface area contributed by atoms with Crippen LogP contribution in [-0.4, -0.2) is 50.3 Å². The van der Waals surface area contributed by atoms with Crippen molar-refractivity contribution in [3.8, 4) is 22.4 Å². The smallest absolute Gasteiger partial charge is 0.408 e. The van der Waals surface area contributed by atoms with Gasteiger partial charge in [0, 0.05) is 29.7 Å². The molecule has 0 bridgehead atoms.